The van der Waals surface area contributed by atoms with E-state index < -0.39 is 0 Å². The summed E-state index contributed by atoms with van der Waals surface area (Å²) < 4.78 is 0. The largest absolute Gasteiger partial charge is 0.370 e. The Kier molecular flexibility index (Phi) is 4.18. The predicted octanol–water partition coefficient (Wildman–Crippen LogP) is 2.82. The lowest BCUT2D eigenvalue weighted by Gasteiger charge is -2.12. The lowest BCUT2D eigenvalue weighted by atomic mass is 10.0. The van der Waals surface area contributed by atoms with Crippen molar-refractivity contribution in [2.75, 3.05) is 24.2 Å². The number of aromatic nitrogens is 2. The Morgan fingerprint density at radius 2 is 2.12 bits per heavy atom. The summed E-state index contributed by atoms with van der Waals surface area (Å²) in [4.78, 5) is 8.60. The average Bonchev–Trinajstić information content (AvgIpc) is 2.84. The van der Waals surface area contributed by atoms with E-state index in [1.165, 1.54) is 32.1 Å². The van der Waals surface area contributed by atoms with Gasteiger partial charge in [-0.3, -0.25) is 0 Å². The number of hydrogen-bond acceptors (Lipinski definition) is 4. The van der Waals surface area contributed by atoms with Gasteiger partial charge in [0.1, 0.15) is 5.82 Å². The first-order chi connectivity index (χ1) is 8.29. The van der Waals surface area contributed by atoms with Gasteiger partial charge in [-0.2, -0.15) is 4.98 Å². The Labute approximate surface area is 103 Å². The molecule has 1 aliphatic carbocycles. The standard InChI is InChI=1S/C13H22N4/c1-10-9-16-13(14-2)17-12(10)15-8-7-11-5-3-4-6-11/h9,11H,3-8H2,1-2H3,(H2,14,15,16,17). The third-order valence-corrected chi connectivity index (χ3v) is 3.52. The van der Waals surface area contributed by atoms with Crippen LogP contribution in [0.1, 0.15) is 37.7 Å². The molecular weight excluding hydrogens is 212 g/mol. The molecule has 2 rings (SSSR count). The van der Waals surface area contributed by atoms with Crippen molar-refractivity contribution in [3.8, 4) is 0 Å². The molecule has 0 bridgehead atoms. The van der Waals surface area contributed by atoms with E-state index in [1.807, 2.05) is 20.2 Å². The summed E-state index contributed by atoms with van der Waals surface area (Å²) >= 11 is 0. The first kappa shape index (κ1) is 12.1. The second-order valence-corrected chi connectivity index (χ2v) is 4.84. The van der Waals surface area contributed by atoms with Gasteiger partial charge in [0.05, 0.1) is 0 Å². The predicted molar refractivity (Wildman–Crippen MR) is 71.4 cm³/mol. The minimum Gasteiger partial charge on any atom is -0.370 e. The molecule has 94 valence electrons. The third-order valence-electron chi connectivity index (χ3n) is 3.52. The fourth-order valence-corrected chi connectivity index (χ4v) is 2.44. The number of nitrogens with one attached hydrogen (secondary N) is 2. The lowest BCUT2D eigenvalue weighted by molar-refractivity contribution is 0.518. The van der Waals surface area contributed by atoms with Crippen molar-refractivity contribution in [1.29, 1.82) is 0 Å². The monoisotopic (exact) mass is 234 g/mol. The minimum absolute atomic E-state index is 0.680. The highest BCUT2D eigenvalue weighted by Crippen LogP contribution is 2.27. The van der Waals surface area contributed by atoms with Gasteiger partial charge in [0, 0.05) is 25.4 Å². The fraction of sp³-hybridized carbons (Fsp3) is 0.692. The highest BCUT2D eigenvalue weighted by atomic mass is 15.1. The molecule has 0 spiro atoms. The van der Waals surface area contributed by atoms with E-state index in [1.54, 1.807) is 0 Å². The van der Waals surface area contributed by atoms with Crippen molar-refractivity contribution in [3.63, 3.8) is 0 Å². The molecule has 0 atom stereocenters. The molecule has 2 N–H and O–H groups in total. The van der Waals surface area contributed by atoms with Crippen molar-refractivity contribution in [2.24, 2.45) is 5.92 Å². The maximum absolute atomic E-state index is 4.42. The zero-order valence-corrected chi connectivity index (χ0v) is 10.8. The van der Waals surface area contributed by atoms with Gasteiger partial charge in [-0.05, 0) is 19.3 Å². The summed E-state index contributed by atoms with van der Waals surface area (Å²) in [5.41, 5.74) is 1.11. The molecule has 17 heavy (non-hydrogen) atoms. The molecule has 1 aromatic heterocycles. The van der Waals surface area contributed by atoms with Crippen molar-refractivity contribution < 1.29 is 0 Å². The lowest BCUT2D eigenvalue weighted by Crippen LogP contribution is -2.10. The van der Waals surface area contributed by atoms with Gasteiger partial charge in [0.15, 0.2) is 0 Å². The van der Waals surface area contributed by atoms with Crippen molar-refractivity contribution >= 4 is 11.8 Å². The average molecular weight is 234 g/mol. The molecular formula is C13H22N4. The van der Waals surface area contributed by atoms with Gasteiger partial charge >= 0.3 is 0 Å². The molecule has 0 radical (unpaired) electrons. The van der Waals surface area contributed by atoms with Gasteiger partial charge in [0.25, 0.3) is 0 Å². The maximum Gasteiger partial charge on any atom is 0.224 e. The number of anilines is 2. The summed E-state index contributed by atoms with van der Waals surface area (Å²) in [7, 11) is 1.84. The summed E-state index contributed by atoms with van der Waals surface area (Å²) in [5.74, 6) is 2.56. The SMILES string of the molecule is CNc1ncc(C)c(NCCC2CCCC2)n1. The second-order valence-electron chi connectivity index (χ2n) is 4.84. The van der Waals surface area contributed by atoms with Gasteiger partial charge in [-0.25, -0.2) is 4.98 Å². The number of rotatable bonds is 5. The second kappa shape index (κ2) is 5.84. The number of nitrogens with zero attached hydrogens (tertiary/aromatic N) is 2. The molecule has 0 aliphatic heterocycles. The highest BCUT2D eigenvalue weighted by molar-refractivity contribution is 5.46. The molecule has 0 saturated heterocycles. The normalized spacial score (nSPS) is 16.1. The van der Waals surface area contributed by atoms with E-state index in [-0.39, 0.29) is 0 Å². The number of hydrogen-bond donors (Lipinski definition) is 2. The molecule has 4 nitrogen and oxygen atoms in total. The van der Waals surface area contributed by atoms with Crippen molar-refractivity contribution in [1.82, 2.24) is 9.97 Å². The molecule has 4 heteroatoms. The molecule has 0 amide bonds. The molecule has 1 aliphatic rings. The van der Waals surface area contributed by atoms with E-state index in [0.29, 0.717) is 5.95 Å². The van der Waals surface area contributed by atoms with Crippen LogP contribution in [0.15, 0.2) is 6.20 Å². The van der Waals surface area contributed by atoms with Crippen molar-refractivity contribution in [2.45, 2.75) is 39.0 Å². The van der Waals surface area contributed by atoms with Crippen LogP contribution in [0.4, 0.5) is 11.8 Å². The van der Waals surface area contributed by atoms with Crippen LogP contribution in [0.2, 0.25) is 0 Å². The Balaban J connectivity index is 1.84. The Morgan fingerprint density at radius 3 is 2.82 bits per heavy atom. The van der Waals surface area contributed by atoms with Crippen LogP contribution in [-0.4, -0.2) is 23.6 Å². The molecule has 1 saturated carbocycles. The van der Waals surface area contributed by atoms with Gasteiger partial charge in [0.2, 0.25) is 5.95 Å². The Hall–Kier alpha value is -1.32. The van der Waals surface area contributed by atoms with Crippen molar-refractivity contribution in [3.05, 3.63) is 11.8 Å². The zero-order valence-electron chi connectivity index (χ0n) is 10.8. The Morgan fingerprint density at radius 1 is 1.35 bits per heavy atom. The summed E-state index contributed by atoms with van der Waals surface area (Å²) in [6.45, 7) is 3.06. The number of aryl methyl sites for hydroxylation is 1. The van der Waals surface area contributed by atoms with Gasteiger partial charge < -0.3 is 10.6 Å². The van der Waals surface area contributed by atoms with E-state index in [9.17, 15) is 0 Å². The van der Waals surface area contributed by atoms with Crippen LogP contribution >= 0.6 is 0 Å². The topological polar surface area (TPSA) is 49.8 Å². The van der Waals surface area contributed by atoms with Crippen LogP contribution in [0.3, 0.4) is 0 Å². The van der Waals surface area contributed by atoms with Crippen LogP contribution in [0, 0.1) is 12.8 Å². The molecule has 1 aromatic rings. The maximum atomic E-state index is 4.42. The summed E-state index contributed by atoms with van der Waals surface area (Å²) in [6.07, 6.45) is 8.77. The molecule has 0 unspecified atom stereocenters. The van der Waals surface area contributed by atoms with Gasteiger partial charge in [-0.15, -0.1) is 0 Å². The van der Waals surface area contributed by atoms with Crippen LogP contribution in [0.5, 0.6) is 0 Å². The van der Waals surface area contributed by atoms with Crippen LogP contribution in [0.25, 0.3) is 0 Å². The highest BCUT2D eigenvalue weighted by Gasteiger charge is 2.14. The third kappa shape index (κ3) is 3.32. The molecule has 1 heterocycles. The summed E-state index contributed by atoms with van der Waals surface area (Å²) in [5, 5.41) is 6.39. The first-order valence-corrected chi connectivity index (χ1v) is 6.55. The fourth-order valence-electron chi connectivity index (χ4n) is 2.44. The minimum atomic E-state index is 0.680. The quantitative estimate of drug-likeness (QED) is 0.822. The summed E-state index contributed by atoms with van der Waals surface area (Å²) in [6, 6.07) is 0. The molecule has 0 aromatic carbocycles. The van der Waals surface area contributed by atoms with E-state index >= 15 is 0 Å². The smallest absolute Gasteiger partial charge is 0.224 e. The van der Waals surface area contributed by atoms with E-state index in [4.69, 9.17) is 0 Å². The van der Waals surface area contributed by atoms with Gasteiger partial charge in [-0.1, -0.05) is 25.7 Å². The zero-order chi connectivity index (χ0) is 12.1. The van der Waals surface area contributed by atoms with Crippen LogP contribution in [-0.2, 0) is 0 Å². The van der Waals surface area contributed by atoms with Crippen LogP contribution < -0.4 is 10.6 Å². The first-order valence-electron chi connectivity index (χ1n) is 6.55. The Bertz CT molecular complexity index is 358. The van der Waals surface area contributed by atoms with E-state index in [0.717, 1.165) is 23.8 Å². The molecule has 1 fully saturated rings. The van der Waals surface area contributed by atoms with E-state index in [2.05, 4.69) is 20.6 Å².